The van der Waals surface area contributed by atoms with Crippen molar-refractivity contribution in [3.05, 3.63) is 24.3 Å². The van der Waals surface area contributed by atoms with Crippen LogP contribution in [-0.2, 0) is 9.59 Å². The molecule has 0 unspecified atom stereocenters. The summed E-state index contributed by atoms with van der Waals surface area (Å²) in [5.41, 5.74) is 4.57. The summed E-state index contributed by atoms with van der Waals surface area (Å²) >= 11 is 0. The van der Waals surface area contributed by atoms with Crippen molar-refractivity contribution in [1.82, 2.24) is 0 Å². The van der Waals surface area contributed by atoms with Crippen LogP contribution < -0.4 is 5.73 Å². The molecular weight excluding hydrogens is 174 g/mol. The minimum Gasteiger partial charge on any atom is -0.480 e. The zero-order valence-corrected chi connectivity index (χ0v) is 7.30. The maximum Gasteiger partial charge on any atom is 0.328 e. The van der Waals surface area contributed by atoms with Gasteiger partial charge in [-0.05, 0) is 6.92 Å². The van der Waals surface area contributed by atoms with Crippen molar-refractivity contribution in [2.75, 3.05) is 6.54 Å². The van der Waals surface area contributed by atoms with Gasteiger partial charge in [-0.1, -0.05) is 18.2 Å². The van der Waals surface area contributed by atoms with Gasteiger partial charge in [-0.2, -0.15) is 0 Å². The standard InChI is InChI=1S/C6H8O2.C2H5NO2/c1-2-3-4-5-6(7)8;3-1-2(4)5/h2-5H,1H3,(H,7,8);1,3H2,(H,4,5)/b3-2+,5-4+;. The first-order valence-corrected chi connectivity index (χ1v) is 3.48. The van der Waals surface area contributed by atoms with Crippen LogP contribution in [0.15, 0.2) is 24.3 Å². The van der Waals surface area contributed by atoms with Crippen LogP contribution in [0.4, 0.5) is 0 Å². The van der Waals surface area contributed by atoms with Crippen molar-refractivity contribution < 1.29 is 19.8 Å². The Labute approximate surface area is 76.2 Å². The lowest BCUT2D eigenvalue weighted by Crippen LogP contribution is -2.10. The van der Waals surface area contributed by atoms with Crippen LogP contribution in [0.25, 0.3) is 0 Å². The molecule has 0 aromatic carbocycles. The average molecular weight is 187 g/mol. The summed E-state index contributed by atoms with van der Waals surface area (Å²) in [6, 6.07) is 0. The Kier molecular flexibility index (Phi) is 11.1. The summed E-state index contributed by atoms with van der Waals surface area (Å²) in [7, 11) is 0. The molecule has 0 spiro atoms. The van der Waals surface area contributed by atoms with Crippen LogP contribution in [0.1, 0.15) is 6.92 Å². The molecule has 0 aliphatic heterocycles. The molecule has 0 rings (SSSR count). The van der Waals surface area contributed by atoms with Gasteiger partial charge in [0, 0.05) is 6.08 Å². The number of carbonyl (C=O) groups is 2. The van der Waals surface area contributed by atoms with Crippen molar-refractivity contribution in [2.45, 2.75) is 6.92 Å². The molecule has 74 valence electrons. The zero-order chi connectivity index (χ0) is 10.7. The van der Waals surface area contributed by atoms with Crippen LogP contribution in [0.3, 0.4) is 0 Å². The highest BCUT2D eigenvalue weighted by Gasteiger charge is 1.81. The van der Waals surface area contributed by atoms with E-state index in [1.807, 2.05) is 6.92 Å². The number of carboxylic acids is 2. The van der Waals surface area contributed by atoms with Gasteiger partial charge in [-0.25, -0.2) is 4.79 Å². The first-order chi connectivity index (χ1) is 6.04. The van der Waals surface area contributed by atoms with Crippen LogP contribution in [-0.4, -0.2) is 28.7 Å². The normalized spacial score (nSPS) is 9.69. The van der Waals surface area contributed by atoms with Crippen LogP contribution in [0, 0.1) is 0 Å². The molecule has 0 aliphatic carbocycles. The molecule has 5 nitrogen and oxygen atoms in total. The summed E-state index contributed by atoms with van der Waals surface area (Å²) in [6.45, 7) is 1.55. The van der Waals surface area contributed by atoms with Gasteiger partial charge in [0.05, 0.1) is 6.54 Å². The number of hydrogen-bond acceptors (Lipinski definition) is 3. The number of allylic oxidation sites excluding steroid dienone is 3. The minimum absolute atomic E-state index is 0.278. The molecule has 0 radical (unpaired) electrons. The maximum atomic E-state index is 9.75. The maximum absolute atomic E-state index is 9.75. The van der Waals surface area contributed by atoms with E-state index >= 15 is 0 Å². The Morgan fingerprint density at radius 3 is 2.00 bits per heavy atom. The SMILES string of the molecule is C/C=C/C=C/C(=O)O.NCC(=O)O. The lowest BCUT2D eigenvalue weighted by molar-refractivity contribution is -0.135. The topological polar surface area (TPSA) is 101 Å². The third-order valence-corrected chi connectivity index (χ3v) is 0.717. The third kappa shape index (κ3) is 25.2. The predicted octanol–water partition coefficient (Wildman–Crippen LogP) is 0.233. The highest BCUT2D eigenvalue weighted by Crippen LogP contribution is 1.74. The average Bonchev–Trinajstić information content (AvgIpc) is 2.05. The second kappa shape index (κ2) is 10.4. The van der Waals surface area contributed by atoms with E-state index < -0.39 is 11.9 Å². The van der Waals surface area contributed by atoms with Gasteiger partial charge in [0.2, 0.25) is 0 Å². The van der Waals surface area contributed by atoms with Crippen molar-refractivity contribution in [3.63, 3.8) is 0 Å². The second-order valence-corrected chi connectivity index (χ2v) is 1.82. The molecule has 13 heavy (non-hydrogen) atoms. The molecule has 0 aromatic rings. The van der Waals surface area contributed by atoms with E-state index in [4.69, 9.17) is 10.2 Å². The largest absolute Gasteiger partial charge is 0.480 e. The van der Waals surface area contributed by atoms with Gasteiger partial charge >= 0.3 is 11.9 Å². The zero-order valence-electron chi connectivity index (χ0n) is 7.30. The summed E-state index contributed by atoms with van der Waals surface area (Å²) in [4.78, 5) is 19.0. The van der Waals surface area contributed by atoms with E-state index in [2.05, 4.69) is 5.73 Å². The van der Waals surface area contributed by atoms with Gasteiger partial charge in [0.25, 0.3) is 0 Å². The van der Waals surface area contributed by atoms with Crippen molar-refractivity contribution in [2.24, 2.45) is 5.73 Å². The quantitative estimate of drug-likeness (QED) is 0.433. The summed E-state index contributed by atoms with van der Waals surface area (Å²) in [5.74, 6) is -1.88. The fraction of sp³-hybridized carbons (Fsp3) is 0.250. The fourth-order valence-corrected chi connectivity index (χ4v) is 0.249. The fourth-order valence-electron chi connectivity index (χ4n) is 0.249. The molecule has 0 saturated carbocycles. The Morgan fingerprint density at radius 1 is 1.31 bits per heavy atom. The molecule has 5 heteroatoms. The first kappa shape index (κ1) is 13.9. The first-order valence-electron chi connectivity index (χ1n) is 3.48. The highest BCUT2D eigenvalue weighted by molar-refractivity contribution is 5.80. The van der Waals surface area contributed by atoms with Crippen molar-refractivity contribution in [1.29, 1.82) is 0 Å². The predicted molar refractivity (Wildman–Crippen MR) is 48.3 cm³/mol. The lowest BCUT2D eigenvalue weighted by atomic mass is 10.4. The number of aliphatic carboxylic acids is 2. The van der Waals surface area contributed by atoms with Gasteiger partial charge in [0.15, 0.2) is 0 Å². The van der Waals surface area contributed by atoms with Gasteiger partial charge < -0.3 is 15.9 Å². The molecule has 0 heterocycles. The molecule has 0 amide bonds. The van der Waals surface area contributed by atoms with Crippen molar-refractivity contribution in [3.8, 4) is 0 Å². The second-order valence-electron chi connectivity index (χ2n) is 1.82. The molecule has 0 saturated heterocycles. The summed E-state index contributed by atoms with van der Waals surface area (Å²) < 4.78 is 0. The molecule has 0 fully saturated rings. The smallest absolute Gasteiger partial charge is 0.328 e. The molecule has 0 atom stereocenters. The van der Waals surface area contributed by atoms with Crippen LogP contribution in [0.5, 0.6) is 0 Å². The summed E-state index contributed by atoms with van der Waals surface area (Å²) in [6.07, 6.45) is 5.98. The van der Waals surface area contributed by atoms with Crippen LogP contribution >= 0.6 is 0 Å². The van der Waals surface area contributed by atoms with E-state index in [0.717, 1.165) is 6.08 Å². The molecule has 0 aliphatic rings. The number of nitrogens with two attached hydrogens (primary N) is 1. The van der Waals surface area contributed by atoms with Gasteiger partial charge in [0.1, 0.15) is 0 Å². The Balaban J connectivity index is 0. The molecule has 4 N–H and O–H groups in total. The molecular formula is C8H13NO4. The van der Waals surface area contributed by atoms with E-state index in [-0.39, 0.29) is 6.54 Å². The van der Waals surface area contributed by atoms with E-state index in [9.17, 15) is 9.59 Å². The van der Waals surface area contributed by atoms with Crippen LogP contribution in [0.2, 0.25) is 0 Å². The van der Waals surface area contributed by atoms with E-state index in [0.29, 0.717) is 0 Å². The van der Waals surface area contributed by atoms with Gasteiger partial charge in [-0.3, -0.25) is 4.79 Å². The summed E-state index contributed by atoms with van der Waals surface area (Å²) in [5, 5.41) is 15.6. The number of hydrogen-bond donors (Lipinski definition) is 3. The Bertz CT molecular complexity index is 208. The van der Waals surface area contributed by atoms with Crippen molar-refractivity contribution >= 4 is 11.9 Å². The third-order valence-electron chi connectivity index (χ3n) is 0.717. The Hall–Kier alpha value is -1.62. The highest BCUT2D eigenvalue weighted by atomic mass is 16.4. The molecule has 0 aromatic heterocycles. The van der Waals surface area contributed by atoms with E-state index in [1.54, 1.807) is 12.2 Å². The molecule has 0 bridgehead atoms. The minimum atomic E-state index is -0.968. The van der Waals surface area contributed by atoms with Gasteiger partial charge in [-0.15, -0.1) is 0 Å². The number of rotatable bonds is 3. The van der Waals surface area contributed by atoms with E-state index in [1.165, 1.54) is 6.08 Å². The number of carboxylic acid groups (broad SMARTS) is 2. The Morgan fingerprint density at radius 2 is 1.77 bits per heavy atom. The monoisotopic (exact) mass is 187 g/mol. The lowest BCUT2D eigenvalue weighted by Gasteiger charge is -1.73.